The Morgan fingerprint density at radius 2 is 1.88 bits per heavy atom. The maximum absolute atomic E-state index is 11.6. The number of nitrogens with zero attached hydrogens (tertiary/aromatic N) is 3. The Hall–Kier alpha value is -2.17. The number of hydrogen-bond acceptors (Lipinski definition) is 4. The zero-order valence-electron chi connectivity index (χ0n) is 8.87. The molecule has 0 fully saturated rings. The van der Waals surface area contributed by atoms with Crippen LogP contribution in [0.5, 0.6) is 6.01 Å². The summed E-state index contributed by atoms with van der Waals surface area (Å²) < 4.78 is 4.95. The molecule has 0 aliphatic carbocycles. The fourth-order valence-electron chi connectivity index (χ4n) is 1.02. The van der Waals surface area contributed by atoms with Gasteiger partial charge >= 0.3 is 12.1 Å². The van der Waals surface area contributed by atoms with Gasteiger partial charge in [-0.15, -0.1) is 13.2 Å². The van der Waals surface area contributed by atoms with Crippen molar-refractivity contribution >= 4 is 6.09 Å². The van der Waals surface area contributed by atoms with Gasteiger partial charge in [0.2, 0.25) is 0 Å². The largest absolute Gasteiger partial charge is 0.418 e. The van der Waals surface area contributed by atoms with Gasteiger partial charge in [-0.3, -0.25) is 0 Å². The molecular weight excluding hydrogens is 206 g/mol. The number of aromatic nitrogens is 2. The fourth-order valence-corrected chi connectivity index (χ4v) is 1.02. The summed E-state index contributed by atoms with van der Waals surface area (Å²) in [5.41, 5.74) is 0. The summed E-state index contributed by atoms with van der Waals surface area (Å²) in [6.07, 6.45) is 5.70. The Kier molecular flexibility index (Phi) is 4.72. The second-order valence-electron chi connectivity index (χ2n) is 2.88. The van der Waals surface area contributed by atoms with Gasteiger partial charge in [0.15, 0.2) is 0 Å². The molecule has 1 heterocycles. The van der Waals surface area contributed by atoms with Gasteiger partial charge in [0.25, 0.3) is 0 Å². The van der Waals surface area contributed by atoms with Crippen LogP contribution in [0.3, 0.4) is 0 Å². The summed E-state index contributed by atoms with van der Waals surface area (Å²) in [7, 11) is 0. The van der Waals surface area contributed by atoms with Gasteiger partial charge in [-0.2, -0.15) is 0 Å². The first kappa shape index (κ1) is 11.9. The topological polar surface area (TPSA) is 55.3 Å². The number of carbonyl (C=O) groups excluding carboxylic acids is 1. The summed E-state index contributed by atoms with van der Waals surface area (Å²) in [6, 6.07) is 1.67. The predicted molar refractivity (Wildman–Crippen MR) is 60.0 cm³/mol. The molecule has 1 amide bonds. The average Bonchev–Trinajstić information content (AvgIpc) is 2.30. The third-order valence-electron chi connectivity index (χ3n) is 1.68. The highest BCUT2D eigenvalue weighted by atomic mass is 16.6. The average molecular weight is 219 g/mol. The monoisotopic (exact) mass is 219 g/mol. The van der Waals surface area contributed by atoms with Crippen molar-refractivity contribution in [2.24, 2.45) is 0 Å². The number of ether oxygens (including phenoxy) is 1. The minimum atomic E-state index is -0.522. The first-order valence-corrected chi connectivity index (χ1v) is 4.73. The fraction of sp³-hybridized carbons (Fsp3) is 0.182. The Morgan fingerprint density at radius 1 is 1.31 bits per heavy atom. The van der Waals surface area contributed by atoms with Crippen molar-refractivity contribution in [2.45, 2.75) is 0 Å². The number of amides is 1. The van der Waals surface area contributed by atoms with Crippen LogP contribution in [0.4, 0.5) is 4.79 Å². The molecule has 0 bridgehead atoms. The second-order valence-corrected chi connectivity index (χ2v) is 2.88. The van der Waals surface area contributed by atoms with Crippen LogP contribution in [0.25, 0.3) is 0 Å². The molecule has 0 saturated heterocycles. The van der Waals surface area contributed by atoms with E-state index in [0.717, 1.165) is 0 Å². The van der Waals surface area contributed by atoms with Crippen LogP contribution in [-0.2, 0) is 0 Å². The molecule has 16 heavy (non-hydrogen) atoms. The van der Waals surface area contributed by atoms with Gasteiger partial charge in [0.05, 0.1) is 0 Å². The maximum atomic E-state index is 11.6. The number of hydrogen-bond donors (Lipinski definition) is 0. The molecule has 0 aromatic carbocycles. The van der Waals surface area contributed by atoms with Gasteiger partial charge in [-0.25, -0.2) is 14.8 Å². The molecular formula is C11H13N3O2. The number of carbonyl (C=O) groups is 1. The highest BCUT2D eigenvalue weighted by molar-refractivity contribution is 5.70. The standard InChI is InChI=1S/C11H13N3O2/c1-3-8-14(9-4-2)11(15)16-10-12-6-5-7-13-10/h3-7H,1-2,8-9H2. The lowest BCUT2D eigenvalue weighted by atomic mass is 10.5. The lowest BCUT2D eigenvalue weighted by Gasteiger charge is -2.17. The van der Waals surface area contributed by atoms with Crippen LogP contribution >= 0.6 is 0 Å². The van der Waals surface area contributed by atoms with Gasteiger partial charge in [0, 0.05) is 25.5 Å². The lowest BCUT2D eigenvalue weighted by Crippen LogP contribution is -2.34. The van der Waals surface area contributed by atoms with Gasteiger partial charge < -0.3 is 9.64 Å². The van der Waals surface area contributed by atoms with Crippen LogP contribution < -0.4 is 4.74 Å². The molecule has 1 aromatic rings. The summed E-state index contributed by atoms with van der Waals surface area (Å²) >= 11 is 0. The van der Waals surface area contributed by atoms with Crippen LogP contribution in [-0.4, -0.2) is 34.1 Å². The summed E-state index contributed by atoms with van der Waals surface area (Å²) in [5.74, 6) is 0. The van der Waals surface area contributed by atoms with E-state index >= 15 is 0 Å². The van der Waals surface area contributed by atoms with Crippen LogP contribution in [0.2, 0.25) is 0 Å². The third kappa shape index (κ3) is 3.53. The molecule has 0 unspecified atom stereocenters. The quantitative estimate of drug-likeness (QED) is 0.706. The second kappa shape index (κ2) is 6.34. The van der Waals surface area contributed by atoms with E-state index in [1.54, 1.807) is 18.2 Å². The zero-order chi connectivity index (χ0) is 11.8. The van der Waals surface area contributed by atoms with E-state index in [1.807, 2.05) is 0 Å². The van der Waals surface area contributed by atoms with Gasteiger partial charge in [0.1, 0.15) is 0 Å². The molecule has 84 valence electrons. The summed E-state index contributed by atoms with van der Waals surface area (Å²) in [6.45, 7) is 7.89. The molecule has 5 heteroatoms. The van der Waals surface area contributed by atoms with Crippen molar-refractivity contribution in [3.63, 3.8) is 0 Å². The Balaban J connectivity index is 2.61. The van der Waals surface area contributed by atoms with Crippen molar-refractivity contribution in [2.75, 3.05) is 13.1 Å². The summed E-state index contributed by atoms with van der Waals surface area (Å²) in [5, 5.41) is 0. The lowest BCUT2D eigenvalue weighted by molar-refractivity contribution is 0.158. The summed E-state index contributed by atoms with van der Waals surface area (Å²) in [4.78, 5) is 20.6. The molecule has 0 atom stereocenters. The van der Waals surface area contributed by atoms with Crippen molar-refractivity contribution in [1.29, 1.82) is 0 Å². The Morgan fingerprint density at radius 3 is 2.38 bits per heavy atom. The first-order chi connectivity index (χ1) is 7.77. The van der Waals surface area contributed by atoms with Gasteiger partial charge in [-0.1, -0.05) is 12.2 Å². The Bertz CT molecular complexity index is 355. The third-order valence-corrected chi connectivity index (χ3v) is 1.68. The predicted octanol–water partition coefficient (Wildman–Crippen LogP) is 1.65. The molecule has 0 aliphatic rings. The smallest absolute Gasteiger partial charge is 0.374 e. The molecule has 1 aromatic heterocycles. The van der Waals surface area contributed by atoms with Crippen LogP contribution in [0.15, 0.2) is 43.8 Å². The van der Waals surface area contributed by atoms with Crippen molar-refractivity contribution in [1.82, 2.24) is 14.9 Å². The normalized spacial score (nSPS) is 9.25. The Labute approximate surface area is 94.1 Å². The van der Waals surface area contributed by atoms with Crippen molar-refractivity contribution in [3.8, 4) is 6.01 Å². The molecule has 5 nitrogen and oxygen atoms in total. The van der Waals surface area contributed by atoms with Crippen molar-refractivity contribution in [3.05, 3.63) is 43.8 Å². The maximum Gasteiger partial charge on any atom is 0.418 e. The molecule has 1 rings (SSSR count). The van der Waals surface area contributed by atoms with E-state index in [2.05, 4.69) is 23.1 Å². The number of rotatable bonds is 5. The van der Waals surface area contributed by atoms with Crippen LogP contribution in [0.1, 0.15) is 0 Å². The SMILES string of the molecule is C=CCN(CC=C)C(=O)Oc1ncccn1. The molecule has 0 aliphatic heterocycles. The van der Waals surface area contributed by atoms with E-state index in [9.17, 15) is 4.79 Å². The van der Waals surface area contributed by atoms with E-state index < -0.39 is 6.09 Å². The first-order valence-electron chi connectivity index (χ1n) is 4.73. The van der Waals surface area contributed by atoms with E-state index in [0.29, 0.717) is 13.1 Å². The minimum Gasteiger partial charge on any atom is -0.374 e. The highest BCUT2D eigenvalue weighted by Gasteiger charge is 2.13. The highest BCUT2D eigenvalue weighted by Crippen LogP contribution is 2.02. The minimum absolute atomic E-state index is 0.0330. The molecule has 0 N–H and O–H groups in total. The van der Waals surface area contributed by atoms with Crippen molar-refractivity contribution < 1.29 is 9.53 Å². The van der Waals surface area contributed by atoms with E-state index in [-0.39, 0.29) is 6.01 Å². The van der Waals surface area contributed by atoms with Crippen LogP contribution in [0, 0.1) is 0 Å². The molecule has 0 spiro atoms. The molecule has 0 saturated carbocycles. The van der Waals surface area contributed by atoms with E-state index in [4.69, 9.17) is 4.74 Å². The molecule has 0 radical (unpaired) electrons. The van der Waals surface area contributed by atoms with E-state index in [1.165, 1.54) is 17.3 Å². The zero-order valence-corrected chi connectivity index (χ0v) is 8.87. The van der Waals surface area contributed by atoms with Gasteiger partial charge in [-0.05, 0) is 6.07 Å².